The predicted octanol–water partition coefficient (Wildman–Crippen LogP) is -0.834. The van der Waals surface area contributed by atoms with Gasteiger partial charge in [-0.3, -0.25) is 0 Å². The highest BCUT2D eigenvalue weighted by molar-refractivity contribution is 5.87. The van der Waals surface area contributed by atoms with Crippen LogP contribution in [0.1, 0.15) is 13.8 Å². The average Bonchev–Trinajstić information content (AvgIpc) is 2.02. The van der Waals surface area contributed by atoms with E-state index in [0.29, 0.717) is 0 Å². The first kappa shape index (κ1) is 12.1. The molecule has 0 aromatic carbocycles. The Labute approximate surface area is 76.3 Å². The van der Waals surface area contributed by atoms with Crippen molar-refractivity contribution >= 4 is 5.97 Å². The quantitative estimate of drug-likeness (QED) is 0.306. The summed E-state index contributed by atoms with van der Waals surface area (Å²) in [6.45, 7) is 5.96. The summed E-state index contributed by atoms with van der Waals surface area (Å²) in [6, 6.07) is 0. The van der Waals surface area contributed by atoms with Crippen LogP contribution in [0.2, 0.25) is 0 Å². The molecule has 0 bridgehead atoms. The van der Waals surface area contributed by atoms with Crippen LogP contribution in [0.25, 0.3) is 0 Å². The second kappa shape index (κ2) is 4.96. The molecule has 0 heterocycles. The lowest BCUT2D eigenvalue weighted by Gasteiger charge is -2.19. The zero-order valence-corrected chi connectivity index (χ0v) is 7.60. The molecule has 3 N–H and O–H groups in total. The van der Waals surface area contributed by atoms with E-state index < -0.39 is 24.5 Å². The van der Waals surface area contributed by atoms with Crippen LogP contribution >= 0.6 is 0 Å². The molecule has 3 atom stereocenters. The number of rotatable bonds is 4. The Bertz CT molecular complexity index is 199. The van der Waals surface area contributed by atoms with Gasteiger partial charge in [0, 0.05) is 5.57 Å². The van der Waals surface area contributed by atoms with Gasteiger partial charge in [-0.15, -0.1) is 0 Å². The molecule has 0 aromatic rings. The first-order valence-corrected chi connectivity index (χ1v) is 3.77. The van der Waals surface area contributed by atoms with Crippen LogP contribution in [0.15, 0.2) is 12.2 Å². The maximum absolute atomic E-state index is 10.8. The Kier molecular flexibility index (Phi) is 4.61. The van der Waals surface area contributed by atoms with Crippen LogP contribution in [0.4, 0.5) is 0 Å². The fourth-order valence-corrected chi connectivity index (χ4v) is 0.518. The minimum absolute atomic E-state index is 0.108. The molecule has 0 aromatic heterocycles. The Balaban J connectivity index is 4.07. The number of hydrogen-bond donors (Lipinski definition) is 3. The average molecular weight is 190 g/mol. The van der Waals surface area contributed by atoms with Crippen molar-refractivity contribution in [3.05, 3.63) is 12.2 Å². The Hall–Kier alpha value is -0.910. The minimum atomic E-state index is -1.73. The van der Waals surface area contributed by atoms with Gasteiger partial charge in [-0.05, 0) is 13.8 Å². The van der Waals surface area contributed by atoms with Crippen molar-refractivity contribution in [3.8, 4) is 0 Å². The SMILES string of the molecule is C=C(C)C(=O)OC(O)C(O)C(C)O. The summed E-state index contributed by atoms with van der Waals surface area (Å²) < 4.78 is 4.34. The molecule has 5 nitrogen and oxygen atoms in total. The van der Waals surface area contributed by atoms with Crippen LogP contribution in [-0.4, -0.2) is 39.8 Å². The molecule has 5 heteroatoms. The van der Waals surface area contributed by atoms with Crippen LogP contribution < -0.4 is 0 Å². The highest BCUT2D eigenvalue weighted by atomic mass is 16.6. The summed E-state index contributed by atoms with van der Waals surface area (Å²) in [6.07, 6.45) is -4.42. The minimum Gasteiger partial charge on any atom is -0.430 e. The maximum atomic E-state index is 10.8. The number of hydrogen-bond acceptors (Lipinski definition) is 5. The molecule has 0 aliphatic carbocycles. The van der Waals surface area contributed by atoms with Crippen LogP contribution in [0, 0.1) is 0 Å². The Morgan fingerprint density at radius 1 is 1.38 bits per heavy atom. The summed E-state index contributed by atoms with van der Waals surface area (Å²) in [5, 5.41) is 26.9. The van der Waals surface area contributed by atoms with E-state index in [1.165, 1.54) is 13.8 Å². The fraction of sp³-hybridized carbons (Fsp3) is 0.625. The van der Waals surface area contributed by atoms with Gasteiger partial charge in [0.05, 0.1) is 6.10 Å². The van der Waals surface area contributed by atoms with E-state index in [-0.39, 0.29) is 5.57 Å². The number of aliphatic hydroxyl groups excluding tert-OH is 3. The van der Waals surface area contributed by atoms with Crippen molar-refractivity contribution < 1.29 is 24.9 Å². The van der Waals surface area contributed by atoms with Gasteiger partial charge in [0.1, 0.15) is 6.10 Å². The molecule has 3 unspecified atom stereocenters. The fourth-order valence-electron chi connectivity index (χ4n) is 0.518. The zero-order chi connectivity index (χ0) is 10.6. The molecule has 0 aliphatic heterocycles. The molecule has 0 saturated carbocycles. The molecular formula is C8H14O5. The highest BCUT2D eigenvalue weighted by Gasteiger charge is 2.24. The van der Waals surface area contributed by atoms with E-state index in [0.717, 1.165) is 0 Å². The summed E-state index contributed by atoms with van der Waals surface area (Å²) in [7, 11) is 0. The lowest BCUT2D eigenvalue weighted by molar-refractivity contribution is -0.193. The summed E-state index contributed by atoms with van der Waals surface area (Å²) >= 11 is 0. The number of esters is 1. The van der Waals surface area contributed by atoms with Crippen molar-refractivity contribution in [3.63, 3.8) is 0 Å². The van der Waals surface area contributed by atoms with Crippen molar-refractivity contribution in [2.75, 3.05) is 0 Å². The van der Waals surface area contributed by atoms with Gasteiger partial charge in [0.25, 0.3) is 0 Å². The smallest absolute Gasteiger partial charge is 0.335 e. The Morgan fingerprint density at radius 3 is 2.15 bits per heavy atom. The summed E-state index contributed by atoms with van der Waals surface area (Å²) in [4.78, 5) is 10.8. The van der Waals surface area contributed by atoms with Gasteiger partial charge >= 0.3 is 5.97 Å². The number of ether oxygens (including phenoxy) is 1. The normalized spacial score (nSPS) is 17.3. The molecule has 0 saturated heterocycles. The number of carbonyl (C=O) groups excluding carboxylic acids is 1. The third-order valence-corrected chi connectivity index (χ3v) is 1.36. The van der Waals surface area contributed by atoms with Crippen LogP contribution in [0.5, 0.6) is 0 Å². The zero-order valence-electron chi connectivity index (χ0n) is 7.60. The van der Waals surface area contributed by atoms with E-state index in [4.69, 9.17) is 15.3 Å². The second-order valence-electron chi connectivity index (χ2n) is 2.81. The molecule has 0 amide bonds. The topological polar surface area (TPSA) is 87.0 Å². The van der Waals surface area contributed by atoms with Gasteiger partial charge in [-0.25, -0.2) is 4.79 Å². The third kappa shape index (κ3) is 4.02. The molecule has 0 radical (unpaired) electrons. The maximum Gasteiger partial charge on any atom is 0.335 e. The summed E-state index contributed by atoms with van der Waals surface area (Å²) in [5.41, 5.74) is 0.108. The molecule has 76 valence electrons. The lowest BCUT2D eigenvalue weighted by Crippen LogP contribution is -2.38. The van der Waals surface area contributed by atoms with Gasteiger partial charge in [0.2, 0.25) is 6.29 Å². The molecule has 0 spiro atoms. The largest absolute Gasteiger partial charge is 0.430 e. The first-order valence-electron chi connectivity index (χ1n) is 3.77. The van der Waals surface area contributed by atoms with Crippen LogP contribution in [-0.2, 0) is 9.53 Å². The number of carbonyl (C=O) groups is 1. The molecule has 0 fully saturated rings. The molecule has 0 rings (SSSR count). The molecule has 13 heavy (non-hydrogen) atoms. The van der Waals surface area contributed by atoms with Gasteiger partial charge in [-0.1, -0.05) is 6.58 Å². The van der Waals surface area contributed by atoms with E-state index >= 15 is 0 Å². The van der Waals surface area contributed by atoms with Crippen molar-refractivity contribution in [1.82, 2.24) is 0 Å². The highest BCUT2D eigenvalue weighted by Crippen LogP contribution is 2.04. The molecular weight excluding hydrogens is 176 g/mol. The monoisotopic (exact) mass is 190 g/mol. The van der Waals surface area contributed by atoms with E-state index in [9.17, 15) is 4.79 Å². The van der Waals surface area contributed by atoms with Gasteiger partial charge < -0.3 is 20.1 Å². The number of aliphatic hydroxyl groups is 3. The Morgan fingerprint density at radius 2 is 1.85 bits per heavy atom. The standard InChI is InChI=1S/C8H14O5/c1-4(2)7(11)13-8(12)6(10)5(3)9/h5-6,8-10,12H,1H2,2-3H3. The van der Waals surface area contributed by atoms with E-state index in [1.54, 1.807) is 0 Å². The lowest BCUT2D eigenvalue weighted by atomic mass is 10.2. The van der Waals surface area contributed by atoms with Crippen molar-refractivity contribution in [2.45, 2.75) is 32.3 Å². The predicted molar refractivity (Wildman–Crippen MR) is 44.6 cm³/mol. The second-order valence-corrected chi connectivity index (χ2v) is 2.81. The van der Waals surface area contributed by atoms with Crippen molar-refractivity contribution in [2.24, 2.45) is 0 Å². The third-order valence-electron chi connectivity index (χ3n) is 1.36. The first-order chi connectivity index (χ1) is 5.86. The van der Waals surface area contributed by atoms with Crippen molar-refractivity contribution in [1.29, 1.82) is 0 Å². The van der Waals surface area contributed by atoms with E-state index in [2.05, 4.69) is 11.3 Å². The van der Waals surface area contributed by atoms with Gasteiger partial charge in [-0.2, -0.15) is 0 Å². The summed E-state index contributed by atoms with van der Waals surface area (Å²) in [5.74, 6) is -0.813. The molecule has 0 aliphatic rings. The van der Waals surface area contributed by atoms with Crippen LogP contribution in [0.3, 0.4) is 0 Å². The van der Waals surface area contributed by atoms with Gasteiger partial charge in [0.15, 0.2) is 0 Å². The van der Waals surface area contributed by atoms with E-state index in [1.807, 2.05) is 0 Å².